The standard InChI is InChI=1S/C17H15BrO5/c1-2-8-22-15-7-6-12(10-14(15)18)17(21)23-13-5-3-4-11(9-13)16(19)20/h3-7,9-10H,2,8H2,1H3,(H,19,20). The molecule has 0 amide bonds. The Hall–Kier alpha value is -2.34. The van der Waals surface area contributed by atoms with Crippen LogP contribution in [-0.2, 0) is 0 Å². The van der Waals surface area contributed by atoms with Crippen LogP contribution in [0.4, 0.5) is 0 Å². The molecule has 0 fully saturated rings. The second-order valence-electron chi connectivity index (χ2n) is 4.72. The smallest absolute Gasteiger partial charge is 0.343 e. The van der Waals surface area contributed by atoms with Crippen molar-refractivity contribution < 1.29 is 24.2 Å². The van der Waals surface area contributed by atoms with Crippen molar-refractivity contribution in [2.75, 3.05) is 6.61 Å². The minimum atomic E-state index is -1.08. The van der Waals surface area contributed by atoms with Crippen molar-refractivity contribution in [1.82, 2.24) is 0 Å². The highest BCUT2D eigenvalue weighted by molar-refractivity contribution is 9.10. The zero-order valence-electron chi connectivity index (χ0n) is 12.4. The number of ether oxygens (including phenoxy) is 2. The molecule has 0 aliphatic rings. The van der Waals surface area contributed by atoms with E-state index in [1.807, 2.05) is 6.92 Å². The van der Waals surface area contributed by atoms with Gasteiger partial charge in [-0.2, -0.15) is 0 Å². The third-order valence-electron chi connectivity index (χ3n) is 2.92. The number of halogens is 1. The molecule has 0 aliphatic carbocycles. The van der Waals surface area contributed by atoms with Gasteiger partial charge in [-0.25, -0.2) is 9.59 Å². The van der Waals surface area contributed by atoms with E-state index in [9.17, 15) is 9.59 Å². The lowest BCUT2D eigenvalue weighted by molar-refractivity contribution is 0.0687. The number of esters is 1. The van der Waals surface area contributed by atoms with E-state index in [0.29, 0.717) is 22.4 Å². The van der Waals surface area contributed by atoms with Gasteiger partial charge >= 0.3 is 11.9 Å². The van der Waals surface area contributed by atoms with E-state index < -0.39 is 11.9 Å². The number of hydrogen-bond acceptors (Lipinski definition) is 4. The highest BCUT2D eigenvalue weighted by Crippen LogP contribution is 2.27. The first-order valence-corrected chi connectivity index (χ1v) is 7.78. The first-order valence-electron chi connectivity index (χ1n) is 6.99. The van der Waals surface area contributed by atoms with Crippen LogP contribution in [0.2, 0.25) is 0 Å². The molecule has 23 heavy (non-hydrogen) atoms. The Morgan fingerprint density at radius 1 is 1.13 bits per heavy atom. The minimum Gasteiger partial charge on any atom is -0.492 e. The predicted molar refractivity (Wildman–Crippen MR) is 88.3 cm³/mol. The van der Waals surface area contributed by atoms with Gasteiger partial charge in [0, 0.05) is 0 Å². The molecule has 0 atom stereocenters. The number of carbonyl (C=O) groups is 2. The van der Waals surface area contributed by atoms with Crippen LogP contribution in [0.25, 0.3) is 0 Å². The quantitative estimate of drug-likeness (QED) is 0.603. The molecule has 0 saturated carbocycles. The summed E-state index contributed by atoms with van der Waals surface area (Å²) >= 11 is 3.35. The maximum Gasteiger partial charge on any atom is 0.343 e. The molecule has 2 aromatic rings. The molecule has 0 aromatic heterocycles. The van der Waals surface area contributed by atoms with Crippen LogP contribution < -0.4 is 9.47 Å². The van der Waals surface area contributed by atoms with E-state index in [1.165, 1.54) is 24.3 Å². The fourth-order valence-electron chi connectivity index (χ4n) is 1.82. The van der Waals surface area contributed by atoms with E-state index in [2.05, 4.69) is 15.9 Å². The number of carboxylic acids is 1. The Morgan fingerprint density at radius 3 is 2.57 bits per heavy atom. The third kappa shape index (κ3) is 4.56. The lowest BCUT2D eigenvalue weighted by Crippen LogP contribution is -2.09. The Kier molecular flexibility index (Phi) is 5.76. The lowest BCUT2D eigenvalue weighted by Gasteiger charge is -2.09. The molecule has 120 valence electrons. The van der Waals surface area contributed by atoms with Crippen molar-refractivity contribution in [2.45, 2.75) is 13.3 Å². The topological polar surface area (TPSA) is 72.8 Å². The summed E-state index contributed by atoms with van der Waals surface area (Å²) in [5.74, 6) is -0.827. The molecule has 0 bridgehead atoms. The molecule has 0 spiro atoms. The maximum absolute atomic E-state index is 12.1. The molecule has 5 nitrogen and oxygen atoms in total. The molecule has 0 radical (unpaired) electrons. The molecular formula is C17H15BrO5. The Balaban J connectivity index is 2.13. The highest BCUT2D eigenvalue weighted by atomic mass is 79.9. The predicted octanol–water partition coefficient (Wildman–Crippen LogP) is 4.16. The normalized spacial score (nSPS) is 10.2. The summed E-state index contributed by atoms with van der Waals surface area (Å²) in [7, 11) is 0. The van der Waals surface area contributed by atoms with Crippen LogP contribution in [0.5, 0.6) is 11.5 Å². The average Bonchev–Trinajstić information content (AvgIpc) is 2.53. The van der Waals surface area contributed by atoms with E-state index in [-0.39, 0.29) is 11.3 Å². The van der Waals surface area contributed by atoms with E-state index in [4.69, 9.17) is 14.6 Å². The van der Waals surface area contributed by atoms with Crippen LogP contribution >= 0.6 is 15.9 Å². The van der Waals surface area contributed by atoms with Crippen molar-refractivity contribution in [3.8, 4) is 11.5 Å². The van der Waals surface area contributed by atoms with Gasteiger partial charge in [-0.15, -0.1) is 0 Å². The molecule has 0 aliphatic heterocycles. The molecule has 0 heterocycles. The number of aromatic carboxylic acids is 1. The number of carboxylic acid groups (broad SMARTS) is 1. The number of rotatable bonds is 6. The minimum absolute atomic E-state index is 0.0554. The van der Waals surface area contributed by atoms with Gasteiger partial charge in [0.15, 0.2) is 0 Å². The summed E-state index contributed by atoms with van der Waals surface area (Å²) in [5.41, 5.74) is 0.390. The fraction of sp³-hybridized carbons (Fsp3) is 0.176. The van der Waals surface area contributed by atoms with Crippen LogP contribution in [0.1, 0.15) is 34.1 Å². The van der Waals surface area contributed by atoms with Gasteiger partial charge in [-0.05, 0) is 58.7 Å². The summed E-state index contributed by atoms with van der Waals surface area (Å²) < 4.78 is 11.4. The second-order valence-corrected chi connectivity index (χ2v) is 5.57. The molecule has 1 N–H and O–H groups in total. The highest BCUT2D eigenvalue weighted by Gasteiger charge is 2.13. The van der Waals surface area contributed by atoms with Crippen LogP contribution in [-0.4, -0.2) is 23.7 Å². The van der Waals surface area contributed by atoms with E-state index in [1.54, 1.807) is 18.2 Å². The lowest BCUT2D eigenvalue weighted by atomic mass is 10.2. The van der Waals surface area contributed by atoms with Gasteiger partial charge in [0.25, 0.3) is 0 Å². The van der Waals surface area contributed by atoms with E-state index >= 15 is 0 Å². The largest absolute Gasteiger partial charge is 0.492 e. The molecule has 6 heteroatoms. The van der Waals surface area contributed by atoms with Crippen LogP contribution in [0.3, 0.4) is 0 Å². The third-order valence-corrected chi connectivity index (χ3v) is 3.54. The number of hydrogen-bond donors (Lipinski definition) is 1. The summed E-state index contributed by atoms with van der Waals surface area (Å²) in [4.78, 5) is 23.1. The van der Waals surface area contributed by atoms with Crippen molar-refractivity contribution in [3.05, 3.63) is 58.1 Å². The Labute approximate surface area is 142 Å². The monoisotopic (exact) mass is 378 g/mol. The van der Waals surface area contributed by atoms with Gasteiger partial charge in [0.1, 0.15) is 11.5 Å². The maximum atomic E-state index is 12.1. The van der Waals surface area contributed by atoms with Crippen molar-refractivity contribution in [1.29, 1.82) is 0 Å². The first kappa shape index (κ1) is 17.0. The summed E-state index contributed by atoms with van der Waals surface area (Å²) in [6, 6.07) is 10.7. The zero-order valence-corrected chi connectivity index (χ0v) is 14.0. The molecule has 2 rings (SSSR count). The first-order chi connectivity index (χ1) is 11.0. The zero-order chi connectivity index (χ0) is 16.8. The van der Waals surface area contributed by atoms with Gasteiger partial charge in [0.2, 0.25) is 0 Å². The molecular weight excluding hydrogens is 364 g/mol. The van der Waals surface area contributed by atoms with Gasteiger partial charge in [0.05, 0.1) is 22.2 Å². The number of carbonyl (C=O) groups excluding carboxylic acids is 1. The fourth-order valence-corrected chi connectivity index (χ4v) is 2.31. The van der Waals surface area contributed by atoms with Crippen molar-refractivity contribution in [3.63, 3.8) is 0 Å². The molecule has 0 unspecified atom stereocenters. The average molecular weight is 379 g/mol. The summed E-state index contributed by atoms with van der Waals surface area (Å²) in [5, 5.41) is 8.94. The summed E-state index contributed by atoms with van der Waals surface area (Å²) in [6.45, 7) is 2.59. The Bertz CT molecular complexity index is 727. The van der Waals surface area contributed by atoms with E-state index in [0.717, 1.165) is 6.42 Å². The van der Waals surface area contributed by atoms with Crippen LogP contribution in [0.15, 0.2) is 46.9 Å². The van der Waals surface area contributed by atoms with Crippen molar-refractivity contribution >= 4 is 27.9 Å². The van der Waals surface area contributed by atoms with Gasteiger partial charge < -0.3 is 14.6 Å². The van der Waals surface area contributed by atoms with Gasteiger partial charge in [-0.3, -0.25) is 0 Å². The SMILES string of the molecule is CCCOc1ccc(C(=O)Oc2cccc(C(=O)O)c2)cc1Br. The number of benzene rings is 2. The van der Waals surface area contributed by atoms with Crippen LogP contribution in [0, 0.1) is 0 Å². The summed E-state index contributed by atoms with van der Waals surface area (Å²) in [6.07, 6.45) is 0.885. The van der Waals surface area contributed by atoms with Crippen molar-refractivity contribution in [2.24, 2.45) is 0 Å². The molecule has 2 aromatic carbocycles. The Morgan fingerprint density at radius 2 is 1.91 bits per heavy atom. The van der Waals surface area contributed by atoms with Gasteiger partial charge in [-0.1, -0.05) is 13.0 Å². The molecule has 0 saturated heterocycles. The second kappa shape index (κ2) is 7.78.